The van der Waals surface area contributed by atoms with Crippen molar-refractivity contribution in [1.29, 1.82) is 0 Å². The van der Waals surface area contributed by atoms with Gasteiger partial charge >= 0.3 is 5.97 Å². The number of nitrogens with one attached hydrogen (secondary N) is 1. The van der Waals surface area contributed by atoms with E-state index in [-0.39, 0.29) is 6.04 Å². The van der Waals surface area contributed by atoms with Crippen molar-refractivity contribution in [3.05, 3.63) is 0 Å². The van der Waals surface area contributed by atoms with E-state index in [1.165, 1.54) is 7.11 Å². The van der Waals surface area contributed by atoms with E-state index >= 15 is 0 Å². The highest BCUT2D eigenvalue weighted by Gasteiger charge is 2.43. The van der Waals surface area contributed by atoms with Gasteiger partial charge < -0.3 is 9.64 Å². The quantitative estimate of drug-likeness (QED) is 0.735. The largest absolute Gasteiger partial charge is 0.469 e. The third kappa shape index (κ3) is 3.27. The molecule has 0 radical (unpaired) electrons. The molecule has 0 amide bonds. The topological polar surface area (TPSA) is 75.7 Å². The van der Waals surface area contributed by atoms with Gasteiger partial charge in [-0.2, -0.15) is 0 Å². The van der Waals surface area contributed by atoms with Crippen LogP contribution in [0, 0.1) is 5.92 Å². The van der Waals surface area contributed by atoms with Crippen molar-refractivity contribution in [2.24, 2.45) is 5.92 Å². The van der Waals surface area contributed by atoms with E-state index in [9.17, 15) is 13.2 Å². The van der Waals surface area contributed by atoms with Gasteiger partial charge in [-0.15, -0.1) is 0 Å². The summed E-state index contributed by atoms with van der Waals surface area (Å²) >= 11 is 0. The van der Waals surface area contributed by atoms with Crippen LogP contribution in [0.5, 0.6) is 0 Å². The van der Waals surface area contributed by atoms with Crippen LogP contribution in [0.2, 0.25) is 0 Å². The summed E-state index contributed by atoms with van der Waals surface area (Å²) in [6, 6.07) is -0.0334. The van der Waals surface area contributed by atoms with E-state index in [2.05, 4.69) is 9.62 Å². The molecule has 2 rings (SSSR count). The fourth-order valence-corrected chi connectivity index (χ4v) is 5.06. The Morgan fingerprint density at radius 1 is 1.32 bits per heavy atom. The van der Waals surface area contributed by atoms with E-state index in [0.29, 0.717) is 12.8 Å². The van der Waals surface area contributed by atoms with Gasteiger partial charge in [0.05, 0.1) is 18.3 Å². The molecule has 2 aliphatic rings. The van der Waals surface area contributed by atoms with Gasteiger partial charge in [0.25, 0.3) is 0 Å². The Morgan fingerprint density at radius 3 is 2.63 bits per heavy atom. The molecule has 6 nitrogen and oxygen atoms in total. The van der Waals surface area contributed by atoms with Gasteiger partial charge in [-0.05, 0) is 32.9 Å². The van der Waals surface area contributed by atoms with Crippen LogP contribution >= 0.6 is 0 Å². The highest BCUT2D eigenvalue weighted by atomic mass is 32.2. The standard InChI is InChI=1S/C12H22N2O4S/c1-14-7-6-9(8-14)13-19(16,17)11-5-3-4-10(11)12(15)18-2/h9-11,13H,3-8H2,1-2H3. The van der Waals surface area contributed by atoms with Crippen molar-refractivity contribution in [2.45, 2.75) is 37.0 Å². The molecule has 1 N–H and O–H groups in total. The first kappa shape index (κ1) is 14.7. The van der Waals surface area contributed by atoms with Gasteiger partial charge in [-0.25, -0.2) is 13.1 Å². The fraction of sp³-hybridized carbons (Fsp3) is 0.917. The number of hydrogen-bond donors (Lipinski definition) is 1. The molecule has 2 fully saturated rings. The van der Waals surface area contributed by atoms with Gasteiger partial charge in [0.2, 0.25) is 10.0 Å². The van der Waals surface area contributed by atoms with Crippen molar-refractivity contribution in [2.75, 3.05) is 27.2 Å². The molecule has 0 aromatic heterocycles. The van der Waals surface area contributed by atoms with Crippen LogP contribution in [0.1, 0.15) is 25.7 Å². The average molecular weight is 290 g/mol. The number of ether oxygens (including phenoxy) is 1. The molecule has 1 saturated heterocycles. The Hall–Kier alpha value is -0.660. The summed E-state index contributed by atoms with van der Waals surface area (Å²) in [6.45, 7) is 1.63. The van der Waals surface area contributed by atoms with Gasteiger partial charge in [0.1, 0.15) is 0 Å². The molecule has 19 heavy (non-hydrogen) atoms. The third-order valence-electron chi connectivity index (χ3n) is 4.08. The second-order valence-corrected chi connectivity index (χ2v) is 7.44. The molecular weight excluding hydrogens is 268 g/mol. The minimum absolute atomic E-state index is 0.0334. The average Bonchev–Trinajstić information content (AvgIpc) is 2.97. The van der Waals surface area contributed by atoms with Crippen LogP contribution in [0.25, 0.3) is 0 Å². The summed E-state index contributed by atoms with van der Waals surface area (Å²) in [6.07, 6.45) is 2.72. The van der Waals surface area contributed by atoms with Crippen molar-refractivity contribution in [3.8, 4) is 0 Å². The van der Waals surface area contributed by atoms with E-state index in [0.717, 1.165) is 25.9 Å². The number of carbonyl (C=O) groups excluding carboxylic acids is 1. The number of carbonyl (C=O) groups is 1. The first-order valence-electron chi connectivity index (χ1n) is 6.71. The monoisotopic (exact) mass is 290 g/mol. The van der Waals surface area contributed by atoms with Gasteiger partial charge in [0, 0.05) is 12.6 Å². The lowest BCUT2D eigenvalue weighted by Crippen LogP contribution is -2.44. The summed E-state index contributed by atoms with van der Waals surface area (Å²) in [5, 5.41) is -0.633. The first-order valence-corrected chi connectivity index (χ1v) is 8.26. The number of hydrogen-bond acceptors (Lipinski definition) is 5. The Kier molecular flexibility index (Phi) is 4.47. The molecule has 110 valence electrons. The lowest BCUT2D eigenvalue weighted by atomic mass is 10.1. The summed E-state index contributed by atoms with van der Waals surface area (Å²) in [5.74, 6) is -0.918. The normalized spacial score (nSPS) is 32.6. The molecular formula is C12H22N2O4S. The lowest BCUT2D eigenvalue weighted by molar-refractivity contribution is -0.145. The van der Waals surface area contributed by atoms with Gasteiger partial charge in [0.15, 0.2) is 0 Å². The fourth-order valence-electron chi connectivity index (χ4n) is 3.07. The molecule has 1 aliphatic heterocycles. The Bertz CT molecular complexity index is 437. The number of sulfonamides is 1. The van der Waals surface area contributed by atoms with E-state index < -0.39 is 27.2 Å². The van der Waals surface area contributed by atoms with Gasteiger partial charge in [-0.3, -0.25) is 4.79 Å². The smallest absolute Gasteiger partial charge is 0.310 e. The molecule has 0 spiro atoms. The van der Waals surface area contributed by atoms with Crippen molar-refractivity contribution < 1.29 is 17.9 Å². The Morgan fingerprint density at radius 2 is 2.05 bits per heavy atom. The first-order chi connectivity index (χ1) is 8.94. The van der Waals surface area contributed by atoms with Crippen LogP contribution in [-0.4, -0.2) is 57.8 Å². The minimum atomic E-state index is -3.45. The predicted octanol–water partition coefficient (Wildman–Crippen LogP) is -0.0484. The van der Waals surface area contributed by atoms with Crippen LogP contribution < -0.4 is 4.72 Å². The number of likely N-dealkylation sites (N-methyl/N-ethyl adjacent to an activating group) is 1. The van der Waals surface area contributed by atoms with Crippen LogP contribution in [0.3, 0.4) is 0 Å². The molecule has 7 heteroatoms. The van der Waals surface area contributed by atoms with Crippen LogP contribution in [-0.2, 0) is 19.6 Å². The highest BCUT2D eigenvalue weighted by molar-refractivity contribution is 7.90. The second kappa shape index (κ2) is 5.76. The zero-order valence-electron chi connectivity index (χ0n) is 11.5. The highest BCUT2D eigenvalue weighted by Crippen LogP contribution is 2.32. The molecule has 3 atom stereocenters. The maximum atomic E-state index is 12.4. The van der Waals surface area contributed by atoms with Crippen molar-refractivity contribution in [1.82, 2.24) is 9.62 Å². The Labute approximate surface area is 114 Å². The SMILES string of the molecule is COC(=O)C1CCCC1S(=O)(=O)NC1CCN(C)C1. The van der Waals surface area contributed by atoms with E-state index in [4.69, 9.17) is 4.74 Å². The predicted molar refractivity (Wildman–Crippen MR) is 71.1 cm³/mol. The zero-order chi connectivity index (χ0) is 14.0. The lowest BCUT2D eigenvalue weighted by Gasteiger charge is -2.21. The van der Waals surface area contributed by atoms with Crippen LogP contribution in [0.15, 0.2) is 0 Å². The number of rotatable bonds is 4. The molecule has 0 aromatic carbocycles. The molecule has 1 heterocycles. The number of nitrogens with zero attached hydrogens (tertiary/aromatic N) is 1. The third-order valence-corrected chi connectivity index (χ3v) is 6.10. The Balaban J connectivity index is 2.04. The summed E-state index contributed by atoms with van der Waals surface area (Å²) in [5.41, 5.74) is 0. The molecule has 1 saturated carbocycles. The zero-order valence-corrected chi connectivity index (χ0v) is 12.3. The van der Waals surface area contributed by atoms with E-state index in [1.807, 2.05) is 7.05 Å². The molecule has 0 aromatic rings. The minimum Gasteiger partial charge on any atom is -0.469 e. The summed E-state index contributed by atoms with van der Waals surface area (Å²) < 4.78 is 32.2. The maximum absolute atomic E-state index is 12.4. The molecule has 3 unspecified atom stereocenters. The van der Waals surface area contributed by atoms with Crippen molar-refractivity contribution >= 4 is 16.0 Å². The number of methoxy groups -OCH3 is 1. The molecule has 0 bridgehead atoms. The second-order valence-electron chi connectivity index (χ2n) is 5.51. The van der Waals surface area contributed by atoms with Crippen molar-refractivity contribution in [3.63, 3.8) is 0 Å². The van der Waals surface area contributed by atoms with Gasteiger partial charge in [-0.1, -0.05) is 6.42 Å². The number of likely N-dealkylation sites (tertiary alicyclic amines) is 1. The molecule has 1 aliphatic carbocycles. The summed E-state index contributed by atoms with van der Waals surface area (Å²) in [7, 11) is -0.166. The number of esters is 1. The van der Waals surface area contributed by atoms with Crippen LogP contribution in [0.4, 0.5) is 0 Å². The maximum Gasteiger partial charge on any atom is 0.310 e. The van der Waals surface area contributed by atoms with E-state index in [1.54, 1.807) is 0 Å². The summed E-state index contributed by atoms with van der Waals surface area (Å²) in [4.78, 5) is 13.7.